The first-order valence-corrected chi connectivity index (χ1v) is 11.1. The maximum Gasteiger partial charge on any atom is 0.339 e. The summed E-state index contributed by atoms with van der Waals surface area (Å²) in [5, 5.41) is 0. The van der Waals surface area contributed by atoms with E-state index in [9.17, 15) is 8.42 Å². The minimum absolute atomic E-state index is 0.0397. The molecule has 0 radical (unpaired) electrons. The smallest absolute Gasteiger partial charge is 0.339 e. The van der Waals surface area contributed by atoms with Crippen molar-refractivity contribution in [1.29, 1.82) is 0 Å². The molecule has 0 saturated carbocycles. The Bertz CT molecular complexity index is 1300. The normalized spacial score (nSPS) is 11.1. The molecule has 0 spiro atoms. The quantitative estimate of drug-likeness (QED) is 0.382. The second-order valence-electron chi connectivity index (χ2n) is 6.73. The second-order valence-corrected chi connectivity index (χ2v) is 8.28. The lowest BCUT2D eigenvalue weighted by Crippen LogP contribution is -2.09. The van der Waals surface area contributed by atoms with Crippen molar-refractivity contribution in [3.63, 3.8) is 0 Å². The zero-order chi connectivity index (χ0) is 22.6. The van der Waals surface area contributed by atoms with E-state index < -0.39 is 10.1 Å². The fourth-order valence-corrected chi connectivity index (χ4v) is 3.93. The molecule has 8 heteroatoms. The lowest BCUT2D eigenvalue weighted by molar-refractivity contribution is 0.414. The van der Waals surface area contributed by atoms with Gasteiger partial charge in [0.15, 0.2) is 5.82 Å². The fourth-order valence-electron chi connectivity index (χ4n) is 3.00. The Kier molecular flexibility index (Phi) is 6.04. The maximum atomic E-state index is 12.5. The Balaban J connectivity index is 1.53. The van der Waals surface area contributed by atoms with Crippen LogP contribution in [0.1, 0.15) is 0 Å². The number of aromatic nitrogens is 2. The van der Waals surface area contributed by atoms with E-state index >= 15 is 0 Å². The molecular formula is C24H20N2O5S. The third-order valence-electron chi connectivity index (χ3n) is 4.71. The van der Waals surface area contributed by atoms with Gasteiger partial charge in [-0.1, -0.05) is 0 Å². The van der Waals surface area contributed by atoms with Gasteiger partial charge in [-0.15, -0.1) is 0 Å². The van der Waals surface area contributed by atoms with Crippen molar-refractivity contribution in [2.24, 2.45) is 0 Å². The molecule has 0 aliphatic rings. The molecule has 4 aromatic rings. The van der Waals surface area contributed by atoms with Crippen molar-refractivity contribution in [3.05, 3.63) is 85.1 Å². The van der Waals surface area contributed by atoms with E-state index in [2.05, 4.69) is 9.97 Å². The van der Waals surface area contributed by atoms with Crippen LogP contribution in [0, 0.1) is 0 Å². The van der Waals surface area contributed by atoms with Gasteiger partial charge in [0, 0.05) is 17.3 Å². The highest BCUT2D eigenvalue weighted by Gasteiger charge is 2.17. The summed E-state index contributed by atoms with van der Waals surface area (Å²) in [5.74, 6) is 2.03. The minimum atomic E-state index is -3.96. The molecule has 0 N–H and O–H groups in total. The predicted octanol–water partition coefficient (Wildman–Crippen LogP) is 4.60. The third-order valence-corrected chi connectivity index (χ3v) is 5.97. The van der Waals surface area contributed by atoms with Crippen LogP contribution in [0.25, 0.3) is 22.6 Å². The van der Waals surface area contributed by atoms with Gasteiger partial charge >= 0.3 is 10.1 Å². The van der Waals surface area contributed by atoms with E-state index in [0.29, 0.717) is 11.6 Å². The number of hydrogen-bond acceptors (Lipinski definition) is 7. The van der Waals surface area contributed by atoms with E-state index in [1.54, 1.807) is 49.7 Å². The molecule has 0 bridgehead atoms. The summed E-state index contributed by atoms with van der Waals surface area (Å²) in [5.41, 5.74) is 2.43. The SMILES string of the molecule is COc1ccc(-c2ccnc(-c3ccc(OS(=O)(=O)c4ccc(OC)cc4)cc3)n2)cc1. The Labute approximate surface area is 186 Å². The van der Waals surface area contributed by atoms with Crippen LogP contribution in [0.15, 0.2) is 90.0 Å². The summed E-state index contributed by atoms with van der Waals surface area (Å²) >= 11 is 0. The van der Waals surface area contributed by atoms with Gasteiger partial charge in [-0.25, -0.2) is 9.97 Å². The molecule has 162 valence electrons. The third kappa shape index (κ3) is 4.70. The number of ether oxygens (including phenoxy) is 2. The van der Waals surface area contributed by atoms with Crippen LogP contribution >= 0.6 is 0 Å². The molecule has 0 saturated heterocycles. The zero-order valence-electron chi connectivity index (χ0n) is 17.4. The molecule has 0 aliphatic heterocycles. The van der Waals surface area contributed by atoms with E-state index in [1.807, 2.05) is 30.3 Å². The lowest BCUT2D eigenvalue weighted by atomic mass is 10.1. The van der Waals surface area contributed by atoms with Crippen molar-refractivity contribution in [1.82, 2.24) is 9.97 Å². The standard InChI is InChI=1S/C24H20N2O5S/c1-29-19-7-3-17(4-8-19)23-15-16-25-24(26-23)18-5-9-21(10-6-18)31-32(27,28)22-13-11-20(30-2)12-14-22/h3-16H,1-2H3. The monoisotopic (exact) mass is 448 g/mol. The summed E-state index contributed by atoms with van der Waals surface area (Å²) in [7, 11) is -0.831. The van der Waals surface area contributed by atoms with Gasteiger partial charge in [0.2, 0.25) is 0 Å². The molecule has 7 nitrogen and oxygen atoms in total. The van der Waals surface area contributed by atoms with Crippen LogP contribution in [-0.4, -0.2) is 32.6 Å². The molecule has 1 aromatic heterocycles. The van der Waals surface area contributed by atoms with Crippen molar-refractivity contribution in [2.75, 3.05) is 14.2 Å². The van der Waals surface area contributed by atoms with Crippen LogP contribution in [0.3, 0.4) is 0 Å². The fraction of sp³-hybridized carbons (Fsp3) is 0.0833. The van der Waals surface area contributed by atoms with Crippen LogP contribution in [0.4, 0.5) is 0 Å². The topological polar surface area (TPSA) is 87.6 Å². The molecular weight excluding hydrogens is 428 g/mol. The van der Waals surface area contributed by atoms with Gasteiger partial charge in [-0.05, 0) is 78.9 Å². The predicted molar refractivity (Wildman–Crippen MR) is 120 cm³/mol. The van der Waals surface area contributed by atoms with E-state index in [-0.39, 0.29) is 10.6 Å². The van der Waals surface area contributed by atoms with E-state index in [4.69, 9.17) is 13.7 Å². The lowest BCUT2D eigenvalue weighted by Gasteiger charge is -2.09. The molecule has 1 heterocycles. The first kappa shape index (κ1) is 21.3. The highest BCUT2D eigenvalue weighted by molar-refractivity contribution is 7.87. The molecule has 0 fully saturated rings. The number of rotatable bonds is 7. The summed E-state index contributed by atoms with van der Waals surface area (Å²) in [6, 6.07) is 22.0. The largest absolute Gasteiger partial charge is 0.497 e. The first-order chi connectivity index (χ1) is 15.5. The highest BCUT2D eigenvalue weighted by atomic mass is 32.2. The van der Waals surface area contributed by atoms with Crippen molar-refractivity contribution < 1.29 is 22.1 Å². The molecule has 4 rings (SSSR count). The summed E-state index contributed by atoms with van der Waals surface area (Å²) < 4.78 is 40.5. The molecule has 0 aliphatic carbocycles. The average molecular weight is 449 g/mol. The van der Waals surface area contributed by atoms with E-state index in [0.717, 1.165) is 22.6 Å². The molecule has 0 atom stereocenters. The average Bonchev–Trinajstić information content (AvgIpc) is 2.84. The minimum Gasteiger partial charge on any atom is -0.497 e. The molecule has 0 unspecified atom stereocenters. The van der Waals surface area contributed by atoms with Gasteiger partial charge in [-0.2, -0.15) is 8.42 Å². The van der Waals surface area contributed by atoms with Crippen molar-refractivity contribution in [2.45, 2.75) is 4.90 Å². The molecule has 3 aromatic carbocycles. The number of methoxy groups -OCH3 is 2. The molecule has 32 heavy (non-hydrogen) atoms. The Morgan fingerprint density at radius 1 is 0.656 bits per heavy atom. The Morgan fingerprint density at radius 2 is 1.19 bits per heavy atom. The number of hydrogen-bond donors (Lipinski definition) is 0. The van der Waals surface area contributed by atoms with Crippen LogP contribution in [0.5, 0.6) is 17.2 Å². The number of benzene rings is 3. The summed E-state index contributed by atoms with van der Waals surface area (Å²) in [6.07, 6.45) is 1.68. The highest BCUT2D eigenvalue weighted by Crippen LogP contribution is 2.26. The van der Waals surface area contributed by atoms with Gasteiger partial charge in [-0.3, -0.25) is 0 Å². The summed E-state index contributed by atoms with van der Waals surface area (Å²) in [6.45, 7) is 0. The van der Waals surface area contributed by atoms with Gasteiger partial charge in [0.05, 0.1) is 19.9 Å². The Hall–Kier alpha value is -3.91. The van der Waals surface area contributed by atoms with Crippen LogP contribution in [-0.2, 0) is 10.1 Å². The zero-order valence-corrected chi connectivity index (χ0v) is 18.2. The maximum absolute atomic E-state index is 12.5. The van der Waals surface area contributed by atoms with Crippen molar-refractivity contribution in [3.8, 4) is 39.9 Å². The Morgan fingerprint density at radius 3 is 1.78 bits per heavy atom. The summed E-state index contributed by atoms with van der Waals surface area (Å²) in [4.78, 5) is 8.98. The van der Waals surface area contributed by atoms with Crippen LogP contribution < -0.4 is 13.7 Å². The van der Waals surface area contributed by atoms with E-state index in [1.165, 1.54) is 19.2 Å². The van der Waals surface area contributed by atoms with Gasteiger partial charge < -0.3 is 13.7 Å². The van der Waals surface area contributed by atoms with Crippen molar-refractivity contribution >= 4 is 10.1 Å². The first-order valence-electron chi connectivity index (χ1n) is 9.65. The molecule has 0 amide bonds. The van der Waals surface area contributed by atoms with Gasteiger partial charge in [0.25, 0.3) is 0 Å². The van der Waals surface area contributed by atoms with Gasteiger partial charge in [0.1, 0.15) is 22.1 Å². The van der Waals surface area contributed by atoms with Crippen LogP contribution in [0.2, 0.25) is 0 Å². The second kappa shape index (κ2) is 9.07. The number of nitrogens with zero attached hydrogens (tertiary/aromatic N) is 2.